The first-order chi connectivity index (χ1) is 9.90. The van der Waals surface area contributed by atoms with Gasteiger partial charge in [0, 0.05) is 24.0 Å². The summed E-state index contributed by atoms with van der Waals surface area (Å²) in [5.41, 5.74) is 3.95. The minimum Gasteiger partial charge on any atom is -0.314 e. The molecule has 1 saturated heterocycles. The summed E-state index contributed by atoms with van der Waals surface area (Å²) in [6.07, 6.45) is 8.01. The first-order valence-electron chi connectivity index (χ1n) is 7.64. The Labute approximate surface area is 120 Å². The molecular weight excluding hydrogens is 244 g/mol. The zero-order valence-electron chi connectivity index (χ0n) is 11.6. The number of pyridine rings is 1. The van der Waals surface area contributed by atoms with Crippen molar-refractivity contribution in [2.24, 2.45) is 5.92 Å². The van der Waals surface area contributed by atoms with Crippen LogP contribution in [0.25, 0.3) is 11.1 Å². The van der Waals surface area contributed by atoms with Crippen molar-refractivity contribution in [1.82, 2.24) is 10.3 Å². The number of nitrogens with zero attached hydrogens (tertiary/aromatic N) is 1. The minimum atomic E-state index is 0.700. The fraction of sp³-hybridized carbons (Fsp3) is 0.389. The predicted molar refractivity (Wildman–Crippen MR) is 81.5 cm³/mol. The maximum atomic E-state index is 4.50. The standard InChI is InChI=1S/C18H20N2/c1-2-4-13(5-3-1)15-8-16(12-19-11-15)18-10-17-9-14(18)6-7-20-17/h1-5,8,11-12,14,17-18,20H,6-7,9-10H2. The Morgan fingerprint density at radius 3 is 2.75 bits per heavy atom. The van der Waals surface area contributed by atoms with E-state index in [0.717, 1.165) is 12.0 Å². The van der Waals surface area contributed by atoms with E-state index in [9.17, 15) is 0 Å². The molecule has 1 aromatic carbocycles. The number of rotatable bonds is 2. The molecule has 2 fully saturated rings. The van der Waals surface area contributed by atoms with Crippen LogP contribution in [0.4, 0.5) is 0 Å². The second-order valence-electron chi connectivity index (χ2n) is 6.15. The molecule has 2 nitrogen and oxygen atoms in total. The van der Waals surface area contributed by atoms with Gasteiger partial charge in [-0.25, -0.2) is 0 Å². The lowest BCUT2D eigenvalue weighted by Gasteiger charge is -2.22. The summed E-state index contributed by atoms with van der Waals surface area (Å²) in [6, 6.07) is 13.7. The molecular formula is C18H20N2. The molecule has 1 N–H and O–H groups in total. The van der Waals surface area contributed by atoms with Gasteiger partial charge in [0.2, 0.25) is 0 Å². The number of piperidine rings is 1. The van der Waals surface area contributed by atoms with Crippen LogP contribution in [0.5, 0.6) is 0 Å². The molecule has 3 unspecified atom stereocenters. The summed E-state index contributed by atoms with van der Waals surface area (Å²) >= 11 is 0. The van der Waals surface area contributed by atoms with Crippen molar-refractivity contribution in [2.75, 3.05) is 6.54 Å². The molecule has 1 saturated carbocycles. The van der Waals surface area contributed by atoms with E-state index in [1.165, 1.54) is 42.5 Å². The van der Waals surface area contributed by atoms with Crippen LogP contribution < -0.4 is 5.32 Å². The Morgan fingerprint density at radius 2 is 1.90 bits per heavy atom. The molecule has 1 aliphatic carbocycles. The Kier molecular flexibility index (Phi) is 3.04. The van der Waals surface area contributed by atoms with Crippen molar-refractivity contribution in [3.63, 3.8) is 0 Å². The molecule has 3 atom stereocenters. The highest BCUT2D eigenvalue weighted by Crippen LogP contribution is 2.44. The number of hydrogen-bond acceptors (Lipinski definition) is 2. The van der Waals surface area contributed by atoms with Crippen LogP contribution in [-0.4, -0.2) is 17.6 Å². The fourth-order valence-electron chi connectivity index (χ4n) is 3.94. The maximum absolute atomic E-state index is 4.50. The quantitative estimate of drug-likeness (QED) is 0.896. The third-order valence-corrected chi connectivity index (χ3v) is 4.94. The minimum absolute atomic E-state index is 0.700. The molecule has 4 rings (SSSR count). The lowest BCUT2D eigenvalue weighted by Crippen LogP contribution is -2.31. The van der Waals surface area contributed by atoms with Gasteiger partial charge in [0.1, 0.15) is 0 Å². The van der Waals surface area contributed by atoms with E-state index < -0.39 is 0 Å². The van der Waals surface area contributed by atoms with Crippen molar-refractivity contribution < 1.29 is 0 Å². The van der Waals surface area contributed by atoms with Gasteiger partial charge in [-0.05, 0) is 54.8 Å². The van der Waals surface area contributed by atoms with E-state index in [-0.39, 0.29) is 0 Å². The Bertz CT molecular complexity index is 593. The van der Waals surface area contributed by atoms with Gasteiger partial charge >= 0.3 is 0 Å². The van der Waals surface area contributed by atoms with Crippen molar-refractivity contribution in [3.8, 4) is 11.1 Å². The van der Waals surface area contributed by atoms with E-state index in [2.05, 4.69) is 52.9 Å². The Balaban J connectivity index is 1.66. The zero-order chi connectivity index (χ0) is 13.4. The average Bonchev–Trinajstić information content (AvgIpc) is 2.82. The Hall–Kier alpha value is -1.67. The molecule has 2 bridgehead atoms. The van der Waals surface area contributed by atoms with Crippen LogP contribution in [0.15, 0.2) is 48.8 Å². The van der Waals surface area contributed by atoms with Crippen LogP contribution in [0.2, 0.25) is 0 Å². The van der Waals surface area contributed by atoms with Crippen LogP contribution >= 0.6 is 0 Å². The highest BCUT2D eigenvalue weighted by Gasteiger charge is 2.37. The lowest BCUT2D eigenvalue weighted by molar-refractivity contribution is 0.377. The van der Waals surface area contributed by atoms with Crippen LogP contribution in [0.3, 0.4) is 0 Å². The molecule has 2 heteroatoms. The molecule has 20 heavy (non-hydrogen) atoms. The average molecular weight is 264 g/mol. The molecule has 0 radical (unpaired) electrons. The summed E-state index contributed by atoms with van der Waals surface area (Å²) in [6.45, 7) is 1.19. The van der Waals surface area contributed by atoms with Crippen molar-refractivity contribution >= 4 is 0 Å². The Morgan fingerprint density at radius 1 is 1.00 bits per heavy atom. The predicted octanol–water partition coefficient (Wildman–Crippen LogP) is 3.60. The van der Waals surface area contributed by atoms with Crippen LogP contribution in [0.1, 0.15) is 30.7 Å². The van der Waals surface area contributed by atoms with Crippen LogP contribution in [-0.2, 0) is 0 Å². The van der Waals surface area contributed by atoms with Gasteiger partial charge in [0.25, 0.3) is 0 Å². The number of aromatic nitrogens is 1. The highest BCUT2D eigenvalue weighted by atomic mass is 14.9. The fourth-order valence-corrected chi connectivity index (χ4v) is 3.94. The molecule has 0 spiro atoms. The zero-order valence-corrected chi connectivity index (χ0v) is 11.6. The van der Waals surface area contributed by atoms with Gasteiger partial charge in [-0.1, -0.05) is 30.3 Å². The van der Waals surface area contributed by atoms with E-state index in [1.807, 2.05) is 6.20 Å². The number of nitrogens with one attached hydrogen (secondary N) is 1. The maximum Gasteiger partial charge on any atom is 0.0346 e. The van der Waals surface area contributed by atoms with Gasteiger partial charge in [-0.3, -0.25) is 4.98 Å². The monoisotopic (exact) mass is 264 g/mol. The number of benzene rings is 1. The molecule has 102 valence electrons. The van der Waals surface area contributed by atoms with E-state index in [1.54, 1.807) is 0 Å². The highest BCUT2D eigenvalue weighted by molar-refractivity contribution is 5.63. The second kappa shape index (κ2) is 5.02. The molecule has 2 heterocycles. The van der Waals surface area contributed by atoms with Crippen LogP contribution in [0, 0.1) is 5.92 Å². The summed E-state index contributed by atoms with van der Waals surface area (Å²) in [7, 11) is 0. The topological polar surface area (TPSA) is 24.9 Å². The summed E-state index contributed by atoms with van der Waals surface area (Å²) in [5, 5.41) is 3.64. The van der Waals surface area contributed by atoms with Gasteiger partial charge in [-0.2, -0.15) is 0 Å². The summed E-state index contributed by atoms with van der Waals surface area (Å²) < 4.78 is 0. The van der Waals surface area contributed by atoms with Gasteiger partial charge in [0.15, 0.2) is 0 Å². The second-order valence-corrected chi connectivity index (χ2v) is 6.15. The van der Waals surface area contributed by atoms with E-state index in [0.29, 0.717) is 5.92 Å². The SMILES string of the molecule is c1ccc(-c2cncc(C3CC4CC3CCN4)c2)cc1. The molecule has 2 aliphatic rings. The van der Waals surface area contributed by atoms with E-state index >= 15 is 0 Å². The number of fused-ring (bicyclic) bond motifs is 2. The summed E-state index contributed by atoms with van der Waals surface area (Å²) in [5.74, 6) is 1.56. The third-order valence-electron chi connectivity index (χ3n) is 4.94. The van der Waals surface area contributed by atoms with Crippen molar-refractivity contribution in [2.45, 2.75) is 31.2 Å². The van der Waals surface area contributed by atoms with E-state index in [4.69, 9.17) is 0 Å². The third kappa shape index (κ3) is 2.14. The number of hydrogen-bond donors (Lipinski definition) is 1. The lowest BCUT2D eigenvalue weighted by atomic mass is 9.86. The molecule has 1 aliphatic heterocycles. The molecule has 0 amide bonds. The van der Waals surface area contributed by atoms with Gasteiger partial charge < -0.3 is 5.32 Å². The normalized spacial score (nSPS) is 28.5. The van der Waals surface area contributed by atoms with Crippen molar-refractivity contribution in [1.29, 1.82) is 0 Å². The molecule has 2 aromatic rings. The first-order valence-corrected chi connectivity index (χ1v) is 7.64. The largest absolute Gasteiger partial charge is 0.314 e. The smallest absolute Gasteiger partial charge is 0.0346 e. The van der Waals surface area contributed by atoms with Crippen molar-refractivity contribution in [3.05, 3.63) is 54.4 Å². The molecule has 1 aromatic heterocycles. The first kappa shape index (κ1) is 12.1. The van der Waals surface area contributed by atoms with Gasteiger partial charge in [-0.15, -0.1) is 0 Å². The summed E-state index contributed by atoms with van der Waals surface area (Å²) in [4.78, 5) is 4.50. The van der Waals surface area contributed by atoms with Gasteiger partial charge in [0.05, 0.1) is 0 Å².